The highest BCUT2D eigenvalue weighted by Gasteiger charge is 2.26. The molecule has 14 aromatic carbocycles. The minimum atomic E-state index is -1.60. The molecule has 0 nitrogen and oxygen atoms in total. The predicted molar refractivity (Wildman–Crippen MR) is 323 cm³/mol. The monoisotopic (exact) mass is 950 g/mol. The van der Waals surface area contributed by atoms with Crippen molar-refractivity contribution < 1.29 is 0 Å². The van der Waals surface area contributed by atoms with Crippen LogP contribution in [0.2, 0.25) is 39.3 Å². The van der Waals surface area contributed by atoms with E-state index in [9.17, 15) is 0 Å². The molecular weight excluding hydrogens is 897 g/mol. The lowest BCUT2D eigenvalue weighted by Crippen LogP contribution is -2.38. The van der Waals surface area contributed by atoms with Gasteiger partial charge in [0.1, 0.15) is 0 Å². The van der Waals surface area contributed by atoms with Crippen LogP contribution in [0.3, 0.4) is 0 Å². The Labute approximate surface area is 423 Å². The molecule has 0 N–H and O–H groups in total. The van der Waals surface area contributed by atoms with Crippen molar-refractivity contribution in [2.75, 3.05) is 0 Å². The Morgan fingerprint density at radius 2 is 0.458 bits per heavy atom. The molecule has 0 aromatic heterocycles. The first-order valence-corrected chi connectivity index (χ1v) is 32.7. The fourth-order valence-corrected chi connectivity index (χ4v) is 16.1. The van der Waals surface area contributed by atoms with Crippen LogP contribution in [0.4, 0.5) is 0 Å². The van der Waals surface area contributed by atoms with Crippen LogP contribution < -0.4 is 10.4 Å². The lowest BCUT2D eigenvalue weighted by atomic mass is 9.82. The van der Waals surface area contributed by atoms with Crippen molar-refractivity contribution in [3.05, 3.63) is 218 Å². The van der Waals surface area contributed by atoms with E-state index in [2.05, 4.69) is 258 Å². The van der Waals surface area contributed by atoms with Gasteiger partial charge in [0.15, 0.2) is 0 Å². The lowest BCUT2D eigenvalue weighted by Gasteiger charge is -2.23. The molecule has 0 saturated heterocycles. The van der Waals surface area contributed by atoms with Gasteiger partial charge in [-0.2, -0.15) is 0 Å². The summed E-state index contributed by atoms with van der Waals surface area (Å²) in [5.41, 5.74) is 10.3. The summed E-state index contributed by atoms with van der Waals surface area (Å²) in [5.74, 6) is 0. The van der Waals surface area contributed by atoms with E-state index >= 15 is 0 Å². The second-order valence-corrected chi connectivity index (χ2v) is 32.4. The number of hydrogen-bond acceptors (Lipinski definition) is 0. The number of benzene rings is 14. The molecule has 0 fully saturated rings. The van der Waals surface area contributed by atoms with E-state index in [1.54, 1.807) is 0 Å². The van der Waals surface area contributed by atoms with Crippen molar-refractivity contribution >= 4 is 123 Å². The Morgan fingerprint density at radius 1 is 0.222 bits per heavy atom. The van der Waals surface area contributed by atoms with Gasteiger partial charge in [0, 0.05) is 0 Å². The molecule has 0 aliphatic carbocycles. The topological polar surface area (TPSA) is 0 Å². The van der Waals surface area contributed by atoms with Gasteiger partial charge in [-0.1, -0.05) is 244 Å². The van der Waals surface area contributed by atoms with Gasteiger partial charge in [0.05, 0.1) is 16.1 Å². The van der Waals surface area contributed by atoms with E-state index in [1.807, 2.05) is 0 Å². The second kappa shape index (κ2) is 15.8. The standard InChI is InChI=1S/C70H54Si2/c1-71(2,3)63-37-35-61(49-19-7-9-21-51(49)63)69-57-27-15-11-23-53(57)67(54-24-12-16-28-58(54)69)47-39-43-31-33-45-41-48(42-46-34-32-44(40-47)65(43)66(45)46)68-55-25-13-17-29-59(55)70(60-30-18-14-26-56(60)68)62-36-38-64(72(4,5)6)52-22-10-8-20-50(52)62/h7-42H,1-6H3. The molecule has 0 bridgehead atoms. The average molecular weight is 951 g/mol. The zero-order chi connectivity index (χ0) is 48.6. The molecule has 342 valence electrons. The van der Waals surface area contributed by atoms with Crippen molar-refractivity contribution in [2.24, 2.45) is 0 Å². The molecule has 14 aromatic rings. The van der Waals surface area contributed by atoms with Gasteiger partial charge in [-0.3, -0.25) is 0 Å². The van der Waals surface area contributed by atoms with Crippen LogP contribution in [-0.2, 0) is 0 Å². The molecule has 0 atom stereocenters. The molecule has 0 amide bonds. The minimum Gasteiger partial charge on any atom is -0.0656 e. The normalized spacial score (nSPS) is 12.6. The van der Waals surface area contributed by atoms with Crippen LogP contribution in [0.25, 0.3) is 141 Å². The summed E-state index contributed by atoms with van der Waals surface area (Å²) in [7, 11) is -3.19. The van der Waals surface area contributed by atoms with E-state index in [0.717, 1.165) is 0 Å². The summed E-state index contributed by atoms with van der Waals surface area (Å²) in [6.45, 7) is 14.7. The summed E-state index contributed by atoms with van der Waals surface area (Å²) in [6, 6.07) is 83.7. The van der Waals surface area contributed by atoms with Crippen LogP contribution in [0.15, 0.2) is 218 Å². The zero-order valence-electron chi connectivity index (χ0n) is 41.8. The maximum atomic E-state index is 2.46. The first kappa shape index (κ1) is 42.9. The molecule has 0 aliphatic rings. The zero-order valence-corrected chi connectivity index (χ0v) is 43.8. The van der Waals surface area contributed by atoms with Gasteiger partial charge in [0.2, 0.25) is 0 Å². The van der Waals surface area contributed by atoms with Gasteiger partial charge < -0.3 is 0 Å². The smallest absolute Gasteiger partial charge is 0.0656 e. The first-order chi connectivity index (χ1) is 35.0. The largest absolute Gasteiger partial charge is 0.0784 e. The molecule has 0 saturated carbocycles. The fraction of sp³-hybridized carbons (Fsp3) is 0.0857. The third-order valence-corrected chi connectivity index (χ3v) is 20.1. The SMILES string of the molecule is C[Si](C)(C)c1ccc(-c2c3ccccc3c(-c3cc4ccc5cc(-c6c7ccccc7c(-c7ccc([Si](C)(C)C)c8ccccc78)c7ccccc67)cc6ccc(c3)c4c56)c3ccccc23)c2ccccc12. The van der Waals surface area contributed by atoms with E-state index in [1.165, 1.54) is 152 Å². The van der Waals surface area contributed by atoms with Gasteiger partial charge in [0.25, 0.3) is 0 Å². The molecule has 0 unspecified atom stereocenters. The van der Waals surface area contributed by atoms with E-state index in [4.69, 9.17) is 0 Å². The van der Waals surface area contributed by atoms with Crippen molar-refractivity contribution in [1.29, 1.82) is 0 Å². The van der Waals surface area contributed by atoms with Gasteiger partial charge in [-0.25, -0.2) is 0 Å². The molecule has 0 heterocycles. The second-order valence-electron chi connectivity index (χ2n) is 22.3. The van der Waals surface area contributed by atoms with E-state index < -0.39 is 16.1 Å². The van der Waals surface area contributed by atoms with Crippen molar-refractivity contribution in [3.8, 4) is 44.5 Å². The third-order valence-electron chi connectivity index (χ3n) is 16.0. The van der Waals surface area contributed by atoms with Crippen LogP contribution >= 0.6 is 0 Å². The van der Waals surface area contributed by atoms with E-state index in [-0.39, 0.29) is 0 Å². The highest BCUT2D eigenvalue weighted by molar-refractivity contribution is 6.91. The van der Waals surface area contributed by atoms with Crippen LogP contribution in [0.1, 0.15) is 0 Å². The number of hydrogen-bond donors (Lipinski definition) is 0. The predicted octanol–water partition coefficient (Wildman–Crippen LogP) is 19.3. The molecule has 0 spiro atoms. The molecule has 0 aliphatic heterocycles. The summed E-state index contributed by atoms with van der Waals surface area (Å²) in [5, 5.41) is 26.5. The minimum absolute atomic E-state index is 1.25. The first-order valence-electron chi connectivity index (χ1n) is 25.7. The Bertz CT molecular complexity index is 4110. The lowest BCUT2D eigenvalue weighted by molar-refractivity contribution is 1.68. The van der Waals surface area contributed by atoms with Crippen LogP contribution in [0, 0.1) is 0 Å². The Hall–Kier alpha value is -7.89. The third kappa shape index (κ3) is 6.42. The van der Waals surface area contributed by atoms with Crippen LogP contribution in [0.5, 0.6) is 0 Å². The molecule has 14 rings (SSSR count). The van der Waals surface area contributed by atoms with Gasteiger partial charge in [-0.15, -0.1) is 0 Å². The number of fused-ring (bicyclic) bond motifs is 6. The number of rotatable bonds is 6. The van der Waals surface area contributed by atoms with Crippen LogP contribution in [-0.4, -0.2) is 16.1 Å². The summed E-state index contributed by atoms with van der Waals surface area (Å²) >= 11 is 0. The van der Waals surface area contributed by atoms with Crippen molar-refractivity contribution in [1.82, 2.24) is 0 Å². The highest BCUT2D eigenvalue weighted by atomic mass is 28.3. The molecular formula is C70H54Si2. The summed E-state index contributed by atoms with van der Waals surface area (Å²) in [4.78, 5) is 0. The van der Waals surface area contributed by atoms with E-state index in [0.29, 0.717) is 0 Å². The maximum absolute atomic E-state index is 2.46. The average Bonchev–Trinajstić information content (AvgIpc) is 3.39. The van der Waals surface area contributed by atoms with Gasteiger partial charge in [-0.05, 0) is 166 Å². The maximum Gasteiger partial charge on any atom is 0.0784 e. The van der Waals surface area contributed by atoms with Gasteiger partial charge >= 0.3 is 0 Å². The quantitative estimate of drug-likeness (QED) is 0.0885. The van der Waals surface area contributed by atoms with Crippen molar-refractivity contribution in [3.63, 3.8) is 0 Å². The molecule has 2 heteroatoms. The highest BCUT2D eigenvalue weighted by Crippen LogP contribution is 2.50. The Balaban J connectivity index is 0.960. The summed E-state index contributed by atoms with van der Waals surface area (Å²) < 4.78 is 0. The molecule has 72 heavy (non-hydrogen) atoms. The van der Waals surface area contributed by atoms with Crippen molar-refractivity contribution in [2.45, 2.75) is 39.3 Å². The Kier molecular flexibility index (Phi) is 9.43. The Morgan fingerprint density at radius 3 is 0.722 bits per heavy atom. The fourth-order valence-electron chi connectivity index (χ4n) is 12.9. The summed E-state index contributed by atoms with van der Waals surface area (Å²) in [6.07, 6.45) is 0. The molecule has 0 radical (unpaired) electrons.